The molecule has 0 unspecified atom stereocenters. The number of rotatable bonds is 4. The summed E-state index contributed by atoms with van der Waals surface area (Å²) in [5, 5.41) is 0. The van der Waals surface area contributed by atoms with Gasteiger partial charge in [-0.1, -0.05) is 54.6 Å². The first-order valence-corrected chi connectivity index (χ1v) is 6.29. The predicted molar refractivity (Wildman–Crippen MR) is 83.1 cm³/mol. The topological polar surface area (TPSA) is 16.1 Å². The third-order valence-electron chi connectivity index (χ3n) is 2.72. The molecule has 0 aliphatic heterocycles. The van der Waals surface area contributed by atoms with Gasteiger partial charge in [0.05, 0.1) is 0 Å². The van der Waals surface area contributed by atoms with Crippen LogP contribution in [0.25, 0.3) is 12.2 Å². The van der Waals surface area contributed by atoms with E-state index in [0.717, 1.165) is 11.4 Å². The third-order valence-corrected chi connectivity index (χ3v) is 2.72. The van der Waals surface area contributed by atoms with Crippen molar-refractivity contribution in [1.29, 1.82) is 0 Å². The van der Waals surface area contributed by atoms with Gasteiger partial charge in [-0.05, 0) is 23.3 Å². The van der Waals surface area contributed by atoms with Crippen molar-refractivity contribution in [2.75, 3.05) is 19.0 Å². The summed E-state index contributed by atoms with van der Waals surface area (Å²) in [6.45, 7) is 0. The number of nitrogens with zero attached hydrogens (tertiary/aromatic N) is 2. The van der Waals surface area contributed by atoms with Crippen LogP contribution in [0.2, 0.25) is 0 Å². The second kappa shape index (κ2) is 6.55. The van der Waals surface area contributed by atoms with Crippen molar-refractivity contribution in [2.45, 2.75) is 0 Å². The summed E-state index contributed by atoms with van der Waals surface area (Å²) >= 11 is 0. The zero-order valence-electron chi connectivity index (χ0n) is 11.3. The van der Waals surface area contributed by atoms with Gasteiger partial charge in [0, 0.05) is 20.3 Å². The van der Waals surface area contributed by atoms with Gasteiger partial charge < -0.3 is 4.90 Å². The van der Waals surface area contributed by atoms with Crippen LogP contribution in [0.5, 0.6) is 0 Å². The molecule has 1 aromatic heterocycles. The Bertz CT molecular complexity index is 552. The molecule has 0 spiro atoms. The molecule has 0 aliphatic carbocycles. The van der Waals surface area contributed by atoms with Crippen LogP contribution in [0, 0.1) is 0 Å². The highest BCUT2D eigenvalue weighted by Gasteiger charge is 1.94. The average Bonchev–Trinajstić information content (AvgIpc) is 2.45. The van der Waals surface area contributed by atoms with E-state index in [4.69, 9.17) is 0 Å². The van der Waals surface area contributed by atoms with E-state index in [2.05, 4.69) is 29.3 Å². The van der Waals surface area contributed by atoms with Gasteiger partial charge >= 0.3 is 0 Å². The zero-order chi connectivity index (χ0) is 13.5. The maximum Gasteiger partial charge on any atom is 0.127 e. The molecule has 0 bridgehead atoms. The lowest BCUT2D eigenvalue weighted by atomic mass is 10.2. The SMILES string of the molecule is CN(C)c1ccc(/C=C/C=C/c2ccccc2)cn1. The molecule has 0 amide bonds. The Morgan fingerprint density at radius 3 is 2.11 bits per heavy atom. The van der Waals surface area contributed by atoms with Crippen LogP contribution >= 0.6 is 0 Å². The first-order chi connectivity index (χ1) is 9.25. The van der Waals surface area contributed by atoms with Gasteiger partial charge in [0.1, 0.15) is 5.82 Å². The first-order valence-electron chi connectivity index (χ1n) is 6.29. The van der Waals surface area contributed by atoms with Crippen LogP contribution in [0.4, 0.5) is 5.82 Å². The summed E-state index contributed by atoms with van der Waals surface area (Å²) in [5.74, 6) is 0.969. The van der Waals surface area contributed by atoms with Crippen molar-refractivity contribution in [2.24, 2.45) is 0 Å². The van der Waals surface area contributed by atoms with E-state index in [0.29, 0.717) is 0 Å². The van der Waals surface area contributed by atoms with Gasteiger partial charge in [-0.25, -0.2) is 4.98 Å². The summed E-state index contributed by atoms with van der Waals surface area (Å²) < 4.78 is 0. The Hall–Kier alpha value is -2.35. The molecular weight excluding hydrogens is 232 g/mol. The fraction of sp³-hybridized carbons (Fsp3) is 0.118. The Kier molecular flexibility index (Phi) is 4.51. The van der Waals surface area contributed by atoms with Crippen LogP contribution in [0.1, 0.15) is 11.1 Å². The Morgan fingerprint density at radius 2 is 1.53 bits per heavy atom. The molecule has 0 saturated carbocycles. The molecule has 0 saturated heterocycles. The minimum Gasteiger partial charge on any atom is -0.363 e. The van der Waals surface area contributed by atoms with Crippen LogP contribution < -0.4 is 4.90 Å². The molecule has 0 radical (unpaired) electrons. The number of benzene rings is 1. The number of allylic oxidation sites excluding steroid dienone is 2. The molecule has 0 fully saturated rings. The largest absolute Gasteiger partial charge is 0.363 e. The summed E-state index contributed by atoms with van der Waals surface area (Å²) in [6.07, 6.45) is 10.1. The average molecular weight is 250 g/mol. The van der Waals surface area contributed by atoms with E-state index >= 15 is 0 Å². The Balaban J connectivity index is 1.97. The molecule has 2 nitrogen and oxygen atoms in total. The zero-order valence-corrected chi connectivity index (χ0v) is 11.3. The second-order valence-electron chi connectivity index (χ2n) is 4.47. The molecule has 19 heavy (non-hydrogen) atoms. The molecule has 1 aromatic carbocycles. The minimum atomic E-state index is 0.969. The van der Waals surface area contributed by atoms with E-state index in [1.807, 2.05) is 67.7 Å². The first kappa shape index (κ1) is 13.1. The fourth-order valence-electron chi connectivity index (χ4n) is 1.66. The van der Waals surface area contributed by atoms with Crippen molar-refractivity contribution in [3.05, 3.63) is 71.9 Å². The molecule has 2 rings (SSSR count). The summed E-state index contributed by atoms with van der Waals surface area (Å²) in [7, 11) is 3.97. The van der Waals surface area contributed by atoms with Crippen LogP contribution in [-0.4, -0.2) is 19.1 Å². The quantitative estimate of drug-likeness (QED) is 0.766. The minimum absolute atomic E-state index is 0.969. The fourth-order valence-corrected chi connectivity index (χ4v) is 1.66. The molecule has 0 N–H and O–H groups in total. The van der Waals surface area contributed by atoms with Crippen molar-refractivity contribution in [1.82, 2.24) is 4.98 Å². The van der Waals surface area contributed by atoms with Gasteiger partial charge in [0.25, 0.3) is 0 Å². The molecule has 1 heterocycles. The van der Waals surface area contributed by atoms with Crippen molar-refractivity contribution in [3.8, 4) is 0 Å². The van der Waals surface area contributed by atoms with Crippen LogP contribution in [0.3, 0.4) is 0 Å². The van der Waals surface area contributed by atoms with E-state index in [1.54, 1.807) is 0 Å². The number of pyridine rings is 1. The molecule has 0 atom stereocenters. The maximum atomic E-state index is 4.37. The highest BCUT2D eigenvalue weighted by atomic mass is 15.1. The van der Waals surface area contributed by atoms with Crippen molar-refractivity contribution < 1.29 is 0 Å². The van der Waals surface area contributed by atoms with Crippen LogP contribution in [-0.2, 0) is 0 Å². The monoisotopic (exact) mass is 250 g/mol. The second-order valence-corrected chi connectivity index (χ2v) is 4.47. The lowest BCUT2D eigenvalue weighted by molar-refractivity contribution is 1.07. The lowest BCUT2D eigenvalue weighted by Gasteiger charge is -2.10. The molecule has 2 heteroatoms. The third kappa shape index (κ3) is 4.11. The molecular formula is C17H18N2. The number of hydrogen-bond donors (Lipinski definition) is 0. The van der Waals surface area contributed by atoms with Gasteiger partial charge in [-0.15, -0.1) is 0 Å². The summed E-state index contributed by atoms with van der Waals surface area (Å²) in [5.41, 5.74) is 2.30. The molecule has 2 aromatic rings. The van der Waals surface area contributed by atoms with E-state index < -0.39 is 0 Å². The normalized spacial score (nSPS) is 11.3. The Labute approximate surface area is 114 Å². The van der Waals surface area contributed by atoms with Gasteiger partial charge in [-0.3, -0.25) is 0 Å². The summed E-state index contributed by atoms with van der Waals surface area (Å²) in [6, 6.07) is 14.3. The summed E-state index contributed by atoms with van der Waals surface area (Å²) in [4.78, 5) is 6.35. The highest BCUT2D eigenvalue weighted by Crippen LogP contribution is 2.09. The van der Waals surface area contributed by atoms with E-state index in [-0.39, 0.29) is 0 Å². The van der Waals surface area contributed by atoms with E-state index in [9.17, 15) is 0 Å². The maximum absolute atomic E-state index is 4.37. The predicted octanol–water partition coefficient (Wildman–Crippen LogP) is 3.87. The van der Waals surface area contributed by atoms with Crippen LogP contribution in [0.15, 0.2) is 60.8 Å². The highest BCUT2D eigenvalue weighted by molar-refractivity contribution is 5.57. The lowest BCUT2D eigenvalue weighted by Crippen LogP contribution is -2.09. The number of anilines is 1. The van der Waals surface area contributed by atoms with Crippen molar-refractivity contribution >= 4 is 18.0 Å². The standard InChI is InChI=1S/C17H18N2/c1-19(2)17-13-12-16(14-18-17)11-7-6-10-15-8-4-3-5-9-15/h3-14H,1-2H3/b10-6+,11-7+. The van der Waals surface area contributed by atoms with Gasteiger partial charge in [-0.2, -0.15) is 0 Å². The molecule has 0 aliphatic rings. The number of aromatic nitrogens is 1. The van der Waals surface area contributed by atoms with Gasteiger partial charge in [0.15, 0.2) is 0 Å². The Morgan fingerprint density at radius 1 is 0.842 bits per heavy atom. The van der Waals surface area contributed by atoms with Crippen molar-refractivity contribution in [3.63, 3.8) is 0 Å². The number of hydrogen-bond acceptors (Lipinski definition) is 2. The van der Waals surface area contributed by atoms with E-state index in [1.165, 1.54) is 5.56 Å². The molecule has 96 valence electrons. The van der Waals surface area contributed by atoms with Gasteiger partial charge in [0.2, 0.25) is 0 Å². The smallest absolute Gasteiger partial charge is 0.127 e.